The van der Waals surface area contributed by atoms with Gasteiger partial charge in [0.2, 0.25) is 15.9 Å². The third-order valence-electron chi connectivity index (χ3n) is 4.60. The van der Waals surface area contributed by atoms with Crippen molar-refractivity contribution in [3.8, 4) is 0 Å². The minimum atomic E-state index is -3.62. The first-order valence-corrected chi connectivity index (χ1v) is 10.4. The lowest BCUT2D eigenvalue weighted by atomic mass is 10.1. The van der Waals surface area contributed by atoms with E-state index in [0.29, 0.717) is 23.6 Å². The summed E-state index contributed by atoms with van der Waals surface area (Å²) in [5.41, 5.74) is 3.68. The first-order chi connectivity index (χ1) is 12.2. The number of halogens is 1. The van der Waals surface area contributed by atoms with E-state index in [9.17, 15) is 13.2 Å². The molecular formula is C19H21ClN2O3S. The van der Waals surface area contributed by atoms with E-state index in [1.54, 1.807) is 29.2 Å². The molecule has 1 atom stereocenters. The zero-order valence-electron chi connectivity index (χ0n) is 14.7. The van der Waals surface area contributed by atoms with E-state index in [0.717, 1.165) is 16.8 Å². The van der Waals surface area contributed by atoms with E-state index in [4.69, 9.17) is 11.6 Å². The molecule has 5 nitrogen and oxygen atoms in total. The van der Waals surface area contributed by atoms with E-state index in [1.807, 2.05) is 32.0 Å². The highest BCUT2D eigenvalue weighted by molar-refractivity contribution is 7.88. The third-order valence-corrected chi connectivity index (χ3v) is 6.21. The van der Waals surface area contributed by atoms with Gasteiger partial charge in [-0.1, -0.05) is 29.8 Å². The zero-order valence-corrected chi connectivity index (χ0v) is 16.3. The second kappa shape index (κ2) is 7.39. The summed E-state index contributed by atoms with van der Waals surface area (Å²) in [5.74, 6) is -0.398. The predicted octanol–water partition coefficient (Wildman–Crippen LogP) is 3.18. The average molecular weight is 393 g/mol. The summed E-state index contributed by atoms with van der Waals surface area (Å²) in [6.07, 6.45) is 0.450. The van der Waals surface area contributed by atoms with Crippen LogP contribution in [-0.2, 0) is 20.6 Å². The van der Waals surface area contributed by atoms with Crippen LogP contribution in [0, 0.1) is 13.8 Å². The fourth-order valence-electron chi connectivity index (χ4n) is 3.00. The van der Waals surface area contributed by atoms with Crippen LogP contribution in [0.5, 0.6) is 0 Å². The SMILES string of the molecule is Cc1ccc(N2CCC(NS(=O)(=O)Cc3ccc(Cl)cc3)C2=O)cc1C. The second-order valence-corrected chi connectivity index (χ2v) is 8.79. The minimum absolute atomic E-state index is 0.183. The number of hydrogen-bond donors (Lipinski definition) is 1. The monoisotopic (exact) mass is 392 g/mol. The summed E-state index contributed by atoms with van der Waals surface area (Å²) in [6, 6.07) is 11.7. The Morgan fingerprint density at radius 3 is 2.46 bits per heavy atom. The van der Waals surface area contributed by atoms with Gasteiger partial charge >= 0.3 is 0 Å². The van der Waals surface area contributed by atoms with Crippen LogP contribution in [0.25, 0.3) is 0 Å². The quantitative estimate of drug-likeness (QED) is 0.849. The Bertz CT molecular complexity index is 926. The number of aryl methyl sites for hydroxylation is 2. The number of benzene rings is 2. The lowest BCUT2D eigenvalue weighted by Gasteiger charge is -2.18. The molecule has 1 aliphatic heterocycles. The van der Waals surface area contributed by atoms with Crippen molar-refractivity contribution >= 4 is 33.2 Å². The van der Waals surface area contributed by atoms with Crippen molar-refractivity contribution in [1.29, 1.82) is 0 Å². The van der Waals surface area contributed by atoms with Gasteiger partial charge in [0.15, 0.2) is 0 Å². The lowest BCUT2D eigenvalue weighted by molar-refractivity contribution is -0.118. The van der Waals surface area contributed by atoms with E-state index in [1.165, 1.54) is 0 Å². The van der Waals surface area contributed by atoms with Crippen LogP contribution in [0.1, 0.15) is 23.1 Å². The molecule has 0 aliphatic carbocycles. The Kier molecular flexibility index (Phi) is 5.37. The van der Waals surface area contributed by atoms with Crippen molar-refractivity contribution in [2.45, 2.75) is 32.1 Å². The van der Waals surface area contributed by atoms with Gasteiger partial charge in [0.05, 0.1) is 5.75 Å². The fourth-order valence-corrected chi connectivity index (χ4v) is 4.49. The molecule has 1 amide bonds. The molecule has 1 N–H and O–H groups in total. The van der Waals surface area contributed by atoms with Crippen molar-refractivity contribution in [1.82, 2.24) is 4.72 Å². The van der Waals surface area contributed by atoms with Crippen LogP contribution < -0.4 is 9.62 Å². The van der Waals surface area contributed by atoms with Gasteiger partial charge < -0.3 is 4.90 Å². The molecule has 0 bridgehead atoms. The lowest BCUT2D eigenvalue weighted by Crippen LogP contribution is -2.42. The molecule has 1 fully saturated rings. The molecule has 1 saturated heterocycles. The molecule has 2 aromatic carbocycles. The van der Waals surface area contributed by atoms with Crippen molar-refractivity contribution in [3.05, 3.63) is 64.2 Å². The summed E-state index contributed by atoms with van der Waals surface area (Å²) in [7, 11) is -3.62. The first-order valence-electron chi connectivity index (χ1n) is 8.38. The molecule has 3 rings (SSSR count). The summed E-state index contributed by atoms with van der Waals surface area (Å²) in [4.78, 5) is 14.3. The maximum atomic E-state index is 12.7. The van der Waals surface area contributed by atoms with Gasteiger partial charge in [-0.2, -0.15) is 0 Å². The van der Waals surface area contributed by atoms with E-state index >= 15 is 0 Å². The number of carbonyl (C=O) groups excluding carboxylic acids is 1. The number of sulfonamides is 1. The van der Waals surface area contributed by atoms with Gasteiger partial charge in [-0.15, -0.1) is 0 Å². The maximum Gasteiger partial charge on any atom is 0.245 e. The Morgan fingerprint density at radius 2 is 1.81 bits per heavy atom. The molecular weight excluding hydrogens is 372 g/mol. The number of amides is 1. The van der Waals surface area contributed by atoms with E-state index in [2.05, 4.69) is 4.72 Å². The Hall–Kier alpha value is -1.89. The molecule has 0 spiro atoms. The van der Waals surface area contributed by atoms with Gasteiger partial charge in [-0.25, -0.2) is 13.1 Å². The van der Waals surface area contributed by atoms with Crippen LogP contribution in [0.4, 0.5) is 5.69 Å². The zero-order chi connectivity index (χ0) is 18.9. The number of hydrogen-bond acceptors (Lipinski definition) is 3. The molecule has 138 valence electrons. The minimum Gasteiger partial charge on any atom is -0.311 e. The molecule has 26 heavy (non-hydrogen) atoms. The Labute approximate surface area is 159 Å². The van der Waals surface area contributed by atoms with E-state index in [-0.39, 0.29) is 11.7 Å². The number of nitrogens with zero attached hydrogens (tertiary/aromatic N) is 1. The number of anilines is 1. The van der Waals surface area contributed by atoms with Crippen molar-refractivity contribution in [2.24, 2.45) is 0 Å². The van der Waals surface area contributed by atoms with Crippen LogP contribution >= 0.6 is 11.6 Å². The van der Waals surface area contributed by atoms with Crippen molar-refractivity contribution < 1.29 is 13.2 Å². The van der Waals surface area contributed by atoms with Gasteiger partial charge in [-0.3, -0.25) is 4.79 Å². The number of carbonyl (C=O) groups is 1. The largest absolute Gasteiger partial charge is 0.311 e. The standard InChI is InChI=1S/C19H21ClN2O3S/c1-13-3-8-17(11-14(13)2)22-10-9-18(19(22)23)21-26(24,25)12-15-4-6-16(20)7-5-15/h3-8,11,18,21H,9-10,12H2,1-2H3. The van der Waals surface area contributed by atoms with Crippen LogP contribution in [0.15, 0.2) is 42.5 Å². The molecule has 0 radical (unpaired) electrons. The summed E-state index contributed by atoms with van der Waals surface area (Å²) >= 11 is 5.82. The smallest absolute Gasteiger partial charge is 0.245 e. The highest BCUT2D eigenvalue weighted by Gasteiger charge is 2.35. The average Bonchev–Trinajstić information content (AvgIpc) is 2.92. The van der Waals surface area contributed by atoms with Crippen LogP contribution in [0.2, 0.25) is 5.02 Å². The van der Waals surface area contributed by atoms with Crippen molar-refractivity contribution in [2.75, 3.05) is 11.4 Å². The highest BCUT2D eigenvalue weighted by atomic mass is 35.5. The van der Waals surface area contributed by atoms with Gasteiger partial charge in [0, 0.05) is 17.3 Å². The number of rotatable bonds is 5. The Morgan fingerprint density at radius 1 is 1.12 bits per heavy atom. The van der Waals surface area contributed by atoms with Gasteiger partial charge in [0.1, 0.15) is 6.04 Å². The Balaban J connectivity index is 1.69. The first kappa shape index (κ1) is 18.9. The molecule has 0 saturated carbocycles. The van der Waals surface area contributed by atoms with Gasteiger partial charge in [-0.05, 0) is 61.2 Å². The normalized spacial score (nSPS) is 17.7. The van der Waals surface area contributed by atoms with E-state index < -0.39 is 16.1 Å². The molecule has 1 aliphatic rings. The topological polar surface area (TPSA) is 66.5 Å². The molecule has 7 heteroatoms. The highest BCUT2D eigenvalue weighted by Crippen LogP contribution is 2.24. The predicted molar refractivity (Wildman–Crippen MR) is 104 cm³/mol. The summed E-state index contributed by atoms with van der Waals surface area (Å²) in [5, 5.41) is 0.550. The van der Waals surface area contributed by atoms with Gasteiger partial charge in [0.25, 0.3) is 0 Å². The van der Waals surface area contributed by atoms with Crippen LogP contribution in [0.3, 0.4) is 0 Å². The second-order valence-electron chi connectivity index (χ2n) is 6.60. The number of nitrogens with one attached hydrogen (secondary N) is 1. The summed E-state index contributed by atoms with van der Waals surface area (Å²) in [6.45, 7) is 4.50. The maximum absolute atomic E-state index is 12.7. The van der Waals surface area contributed by atoms with Crippen LogP contribution in [-0.4, -0.2) is 26.9 Å². The summed E-state index contributed by atoms with van der Waals surface area (Å²) < 4.78 is 27.4. The van der Waals surface area contributed by atoms with Crippen molar-refractivity contribution in [3.63, 3.8) is 0 Å². The third kappa shape index (κ3) is 4.26. The fraction of sp³-hybridized carbons (Fsp3) is 0.316. The molecule has 1 unspecified atom stereocenters. The molecule has 2 aromatic rings. The molecule has 0 aromatic heterocycles. The molecule has 1 heterocycles.